The molecule has 0 spiro atoms. The molecule has 14 heavy (non-hydrogen) atoms. The number of aromatic amines is 1. The average Bonchev–Trinajstić information content (AvgIpc) is 2.65. The summed E-state index contributed by atoms with van der Waals surface area (Å²) >= 11 is 0. The van der Waals surface area contributed by atoms with Crippen molar-refractivity contribution in [1.82, 2.24) is 20.6 Å². The van der Waals surface area contributed by atoms with E-state index in [0.717, 1.165) is 0 Å². The first-order chi connectivity index (χ1) is 6.81. The molecule has 0 aliphatic heterocycles. The van der Waals surface area contributed by atoms with Gasteiger partial charge in [0.25, 0.3) is 0 Å². The summed E-state index contributed by atoms with van der Waals surface area (Å²) in [6.45, 7) is 6.28. The first kappa shape index (κ1) is 13.1. The van der Waals surface area contributed by atoms with Gasteiger partial charge in [-0.25, -0.2) is 0 Å². The van der Waals surface area contributed by atoms with Crippen LogP contribution >= 0.6 is 0 Å². The molecule has 0 aliphatic rings. The van der Waals surface area contributed by atoms with Crippen LogP contribution in [0.1, 0.15) is 58.2 Å². The molecule has 1 rings (SSSR count). The number of tetrazole rings is 1. The highest BCUT2D eigenvalue weighted by Gasteiger charge is 1.83. The number of unbranched alkanes of at least 4 members (excludes halogenated alkanes) is 5. The molecule has 1 N–H and O–H groups in total. The van der Waals surface area contributed by atoms with E-state index in [1.807, 2.05) is 0 Å². The third-order valence-electron chi connectivity index (χ3n) is 1.91. The van der Waals surface area contributed by atoms with Gasteiger partial charge >= 0.3 is 0 Å². The molecule has 0 atom stereocenters. The minimum atomic E-state index is 0.676. The van der Waals surface area contributed by atoms with Crippen molar-refractivity contribution in [2.45, 2.75) is 59.3 Å². The number of aromatic nitrogens is 4. The van der Waals surface area contributed by atoms with Crippen molar-refractivity contribution < 1.29 is 0 Å². The Kier molecular flexibility index (Phi) is 9.48. The Bertz CT molecular complexity index is 178. The fourth-order valence-corrected chi connectivity index (χ4v) is 1.07. The highest BCUT2D eigenvalue weighted by Crippen LogP contribution is 2.03. The zero-order chi connectivity index (χ0) is 10.6. The summed E-state index contributed by atoms with van der Waals surface area (Å²) in [4.78, 5) is 0. The van der Waals surface area contributed by atoms with Crippen molar-refractivity contribution in [2.24, 2.45) is 0 Å². The van der Waals surface area contributed by atoms with Crippen LogP contribution < -0.4 is 0 Å². The Hall–Kier alpha value is -0.930. The van der Waals surface area contributed by atoms with Gasteiger partial charge in [0.05, 0.1) is 0 Å². The van der Waals surface area contributed by atoms with Gasteiger partial charge in [-0.1, -0.05) is 57.6 Å². The van der Waals surface area contributed by atoms with Crippen LogP contribution in [-0.2, 0) is 0 Å². The van der Waals surface area contributed by atoms with E-state index in [9.17, 15) is 0 Å². The molecule has 0 radical (unpaired) electrons. The molecule has 4 nitrogen and oxygen atoms in total. The number of aryl methyl sites for hydroxylation is 1. The second kappa shape index (κ2) is 10.2. The van der Waals surface area contributed by atoms with Crippen LogP contribution in [0.2, 0.25) is 0 Å². The molecular formula is C10H22N4. The second-order valence-electron chi connectivity index (χ2n) is 3.37. The van der Waals surface area contributed by atoms with Gasteiger partial charge in [0, 0.05) is 0 Å². The molecule has 82 valence electrons. The van der Waals surface area contributed by atoms with Gasteiger partial charge < -0.3 is 0 Å². The molecule has 1 aromatic rings. The van der Waals surface area contributed by atoms with Crippen molar-refractivity contribution in [3.05, 3.63) is 5.82 Å². The Morgan fingerprint density at radius 3 is 1.79 bits per heavy atom. The molecule has 0 bridgehead atoms. The van der Waals surface area contributed by atoms with Crippen molar-refractivity contribution in [3.8, 4) is 0 Å². The molecule has 0 fully saturated rings. The molecule has 1 heterocycles. The maximum absolute atomic E-state index is 3.57. The third kappa shape index (κ3) is 9.16. The van der Waals surface area contributed by atoms with E-state index in [1.54, 1.807) is 6.92 Å². The lowest BCUT2D eigenvalue weighted by Crippen LogP contribution is -1.73. The largest absolute Gasteiger partial charge is 0.177 e. The van der Waals surface area contributed by atoms with Gasteiger partial charge in [0.1, 0.15) is 0 Å². The molecule has 0 aliphatic carbocycles. The Morgan fingerprint density at radius 2 is 1.57 bits per heavy atom. The summed E-state index contributed by atoms with van der Waals surface area (Å²) in [6, 6.07) is 0. The molecule has 0 saturated heterocycles. The van der Waals surface area contributed by atoms with Crippen LogP contribution in [0, 0.1) is 6.92 Å². The molecule has 1 aromatic heterocycles. The van der Waals surface area contributed by atoms with Crippen LogP contribution in [-0.4, -0.2) is 20.6 Å². The fourth-order valence-electron chi connectivity index (χ4n) is 1.07. The number of nitrogens with zero attached hydrogens (tertiary/aromatic N) is 3. The van der Waals surface area contributed by atoms with Gasteiger partial charge in [-0.2, -0.15) is 5.21 Å². The van der Waals surface area contributed by atoms with Gasteiger partial charge in [-0.05, 0) is 6.92 Å². The summed E-state index contributed by atoms with van der Waals surface area (Å²) in [5.74, 6) is 0.676. The van der Waals surface area contributed by atoms with Gasteiger partial charge in [-0.15, -0.1) is 10.2 Å². The van der Waals surface area contributed by atoms with E-state index in [1.165, 1.54) is 38.5 Å². The highest BCUT2D eigenvalue weighted by atomic mass is 15.5. The average molecular weight is 198 g/mol. The van der Waals surface area contributed by atoms with Crippen molar-refractivity contribution in [1.29, 1.82) is 0 Å². The zero-order valence-electron chi connectivity index (χ0n) is 9.58. The topological polar surface area (TPSA) is 54.5 Å². The van der Waals surface area contributed by atoms with E-state index >= 15 is 0 Å². The Labute approximate surface area is 86.5 Å². The molecule has 4 heteroatoms. The molecule has 0 amide bonds. The van der Waals surface area contributed by atoms with E-state index in [0.29, 0.717) is 5.82 Å². The predicted molar refractivity (Wildman–Crippen MR) is 58.0 cm³/mol. The number of hydrogen-bond donors (Lipinski definition) is 1. The van der Waals surface area contributed by atoms with Crippen molar-refractivity contribution >= 4 is 0 Å². The summed E-state index contributed by atoms with van der Waals surface area (Å²) in [7, 11) is 0. The maximum atomic E-state index is 3.57. The van der Waals surface area contributed by atoms with Gasteiger partial charge in [0.15, 0.2) is 5.82 Å². The second-order valence-corrected chi connectivity index (χ2v) is 3.37. The van der Waals surface area contributed by atoms with E-state index in [-0.39, 0.29) is 0 Å². The standard InChI is InChI=1S/C8H18.C2H4N4/c1-3-5-7-8-6-4-2;1-2-3-5-6-4-2/h3-8H2,1-2H3;1H3,(H,3,4,5,6). The zero-order valence-corrected chi connectivity index (χ0v) is 9.58. The van der Waals surface area contributed by atoms with Crippen LogP contribution in [0.3, 0.4) is 0 Å². The van der Waals surface area contributed by atoms with Crippen molar-refractivity contribution in [3.63, 3.8) is 0 Å². The van der Waals surface area contributed by atoms with Crippen molar-refractivity contribution in [2.75, 3.05) is 0 Å². The van der Waals surface area contributed by atoms with Crippen LogP contribution in [0.4, 0.5) is 0 Å². The number of hydrogen-bond acceptors (Lipinski definition) is 3. The minimum absolute atomic E-state index is 0.676. The summed E-state index contributed by atoms with van der Waals surface area (Å²) in [6.07, 6.45) is 8.49. The lowest BCUT2D eigenvalue weighted by Gasteiger charge is -1.93. The SMILES string of the molecule is CCCCCCCC.Cc1nn[nH]n1. The van der Waals surface area contributed by atoms with E-state index < -0.39 is 0 Å². The Balaban J connectivity index is 0.000000249. The number of H-pyrrole nitrogens is 1. The lowest BCUT2D eigenvalue weighted by molar-refractivity contribution is 0.624. The summed E-state index contributed by atoms with van der Waals surface area (Å²) < 4.78 is 0. The fraction of sp³-hybridized carbons (Fsp3) is 0.900. The smallest absolute Gasteiger partial charge is 0.171 e. The Morgan fingerprint density at radius 1 is 1.00 bits per heavy atom. The molecular weight excluding hydrogens is 176 g/mol. The normalized spacial score (nSPS) is 9.36. The predicted octanol–water partition coefficient (Wildman–Crippen LogP) is 2.87. The van der Waals surface area contributed by atoms with E-state index in [2.05, 4.69) is 34.5 Å². The van der Waals surface area contributed by atoms with E-state index in [4.69, 9.17) is 0 Å². The summed E-state index contributed by atoms with van der Waals surface area (Å²) in [5.41, 5.74) is 0. The van der Waals surface area contributed by atoms with Crippen LogP contribution in [0.25, 0.3) is 0 Å². The monoisotopic (exact) mass is 198 g/mol. The summed E-state index contributed by atoms with van der Waals surface area (Å²) in [5, 5.41) is 12.7. The van der Waals surface area contributed by atoms with Crippen LogP contribution in [0.5, 0.6) is 0 Å². The molecule has 0 unspecified atom stereocenters. The third-order valence-corrected chi connectivity index (χ3v) is 1.91. The number of nitrogens with one attached hydrogen (secondary N) is 1. The molecule has 0 aromatic carbocycles. The van der Waals surface area contributed by atoms with Gasteiger partial charge in [-0.3, -0.25) is 0 Å². The molecule has 0 saturated carbocycles. The lowest BCUT2D eigenvalue weighted by atomic mass is 10.1. The quantitative estimate of drug-likeness (QED) is 0.740. The van der Waals surface area contributed by atoms with Crippen LogP contribution in [0.15, 0.2) is 0 Å². The highest BCUT2D eigenvalue weighted by molar-refractivity contribution is 4.63. The minimum Gasteiger partial charge on any atom is -0.177 e. The first-order valence-corrected chi connectivity index (χ1v) is 5.51. The van der Waals surface area contributed by atoms with Gasteiger partial charge in [0.2, 0.25) is 0 Å². The maximum Gasteiger partial charge on any atom is 0.171 e. The number of rotatable bonds is 5. The first-order valence-electron chi connectivity index (χ1n) is 5.51.